The average Bonchev–Trinajstić information content (AvgIpc) is 2.44. The molecule has 86 valence electrons. The zero-order valence-electron chi connectivity index (χ0n) is 9.59. The van der Waals surface area contributed by atoms with Gasteiger partial charge in [-0.3, -0.25) is 4.79 Å². The van der Waals surface area contributed by atoms with Gasteiger partial charge in [0.05, 0.1) is 0 Å². The monoisotopic (exact) mass is 234 g/mol. The lowest BCUT2D eigenvalue weighted by atomic mass is 9.93. The number of rotatable bonds is 1. The topological polar surface area (TPSA) is 26.3 Å². The summed E-state index contributed by atoms with van der Waals surface area (Å²) in [5.41, 5.74) is 0.965. The summed E-state index contributed by atoms with van der Waals surface area (Å²) in [5.74, 6) is 0.800. The van der Waals surface area contributed by atoms with Crippen LogP contribution in [-0.4, -0.2) is 6.29 Å². The van der Waals surface area contributed by atoms with Crippen LogP contribution in [0.4, 0.5) is 0 Å². The van der Waals surface area contributed by atoms with Crippen LogP contribution in [0, 0.1) is 0 Å². The molecule has 1 heterocycles. The van der Waals surface area contributed by atoms with Gasteiger partial charge in [0.15, 0.2) is 12.4 Å². The predicted octanol–water partition coefficient (Wildman–Crippen LogP) is 3.63. The second-order valence-corrected chi connectivity index (χ2v) is 4.54. The summed E-state index contributed by atoms with van der Waals surface area (Å²) in [4.78, 5) is 11.2. The van der Waals surface area contributed by atoms with E-state index in [1.165, 1.54) is 0 Å². The molecule has 1 aliphatic rings. The van der Waals surface area contributed by atoms with Crippen LogP contribution in [0.2, 0.25) is 0 Å². The van der Waals surface area contributed by atoms with Gasteiger partial charge in [-0.25, -0.2) is 0 Å². The second-order valence-electron chi connectivity index (χ2n) is 4.54. The first-order valence-corrected chi connectivity index (χ1v) is 5.95. The summed E-state index contributed by atoms with van der Waals surface area (Å²) in [6.07, 6.45) is 0.373. The van der Waals surface area contributed by atoms with E-state index < -0.39 is 6.10 Å². The standard InChI is InChI=1S/C16H10O2/c17-9-14-12-5-1-3-10-7-8-11-4-2-6-13(18-14)16(11)15(10)12/h1-9,14H. The van der Waals surface area contributed by atoms with Crippen molar-refractivity contribution in [2.24, 2.45) is 0 Å². The largest absolute Gasteiger partial charge is 0.478 e. The summed E-state index contributed by atoms with van der Waals surface area (Å²) in [5, 5.41) is 4.57. The maximum absolute atomic E-state index is 11.2. The second kappa shape index (κ2) is 3.33. The van der Waals surface area contributed by atoms with Crippen LogP contribution in [-0.2, 0) is 4.79 Å². The molecule has 1 unspecified atom stereocenters. The van der Waals surface area contributed by atoms with Crippen molar-refractivity contribution in [3.8, 4) is 5.75 Å². The summed E-state index contributed by atoms with van der Waals surface area (Å²) < 4.78 is 5.78. The lowest BCUT2D eigenvalue weighted by Gasteiger charge is -2.23. The van der Waals surface area contributed by atoms with Gasteiger partial charge in [0.1, 0.15) is 5.75 Å². The maximum atomic E-state index is 11.2. The molecule has 3 aromatic rings. The summed E-state index contributed by atoms with van der Waals surface area (Å²) >= 11 is 0. The van der Waals surface area contributed by atoms with E-state index >= 15 is 0 Å². The van der Waals surface area contributed by atoms with Crippen LogP contribution in [0.5, 0.6) is 5.75 Å². The minimum Gasteiger partial charge on any atom is -0.478 e. The van der Waals surface area contributed by atoms with Gasteiger partial charge in [-0.2, -0.15) is 0 Å². The van der Waals surface area contributed by atoms with Gasteiger partial charge in [-0.15, -0.1) is 0 Å². The Morgan fingerprint density at radius 2 is 1.61 bits per heavy atom. The first-order valence-electron chi connectivity index (χ1n) is 5.95. The number of carbonyl (C=O) groups is 1. The zero-order chi connectivity index (χ0) is 12.1. The fourth-order valence-corrected chi connectivity index (χ4v) is 2.79. The molecule has 3 aromatic carbocycles. The molecule has 0 aliphatic carbocycles. The highest BCUT2D eigenvalue weighted by atomic mass is 16.5. The Balaban J connectivity index is 2.32. The molecule has 0 saturated heterocycles. The summed E-state index contributed by atoms with van der Waals surface area (Å²) in [6.45, 7) is 0. The zero-order valence-corrected chi connectivity index (χ0v) is 9.59. The average molecular weight is 234 g/mol. The van der Waals surface area contributed by atoms with Crippen molar-refractivity contribution < 1.29 is 9.53 Å². The normalized spacial score (nSPS) is 17.0. The lowest BCUT2D eigenvalue weighted by Crippen LogP contribution is -2.13. The predicted molar refractivity (Wildman–Crippen MR) is 70.9 cm³/mol. The number of aldehydes is 1. The number of ether oxygens (including phenoxy) is 1. The SMILES string of the molecule is O=CC1Oc2cccc3ccc4cccc1c4c23. The van der Waals surface area contributed by atoms with Gasteiger partial charge in [-0.05, 0) is 16.8 Å². The molecule has 0 fully saturated rings. The minimum absolute atomic E-state index is 0.491. The molecule has 0 saturated carbocycles. The van der Waals surface area contributed by atoms with Gasteiger partial charge in [-0.1, -0.05) is 42.5 Å². The van der Waals surface area contributed by atoms with E-state index in [1.807, 2.05) is 24.3 Å². The number of benzene rings is 3. The molecule has 0 radical (unpaired) electrons. The highest BCUT2D eigenvalue weighted by Gasteiger charge is 2.23. The van der Waals surface area contributed by atoms with E-state index in [4.69, 9.17) is 4.74 Å². The van der Waals surface area contributed by atoms with Crippen molar-refractivity contribution in [3.05, 3.63) is 54.1 Å². The van der Waals surface area contributed by atoms with Crippen molar-refractivity contribution in [1.29, 1.82) is 0 Å². The smallest absolute Gasteiger partial charge is 0.179 e. The Kier molecular flexibility index (Phi) is 1.78. The van der Waals surface area contributed by atoms with Crippen LogP contribution < -0.4 is 4.74 Å². The molecule has 0 bridgehead atoms. The van der Waals surface area contributed by atoms with Crippen molar-refractivity contribution in [2.45, 2.75) is 6.10 Å². The summed E-state index contributed by atoms with van der Waals surface area (Å²) in [6, 6.07) is 16.1. The molecule has 2 heteroatoms. The maximum Gasteiger partial charge on any atom is 0.179 e. The Morgan fingerprint density at radius 3 is 2.39 bits per heavy atom. The van der Waals surface area contributed by atoms with E-state index in [9.17, 15) is 4.79 Å². The Labute approximate surface area is 104 Å². The molecule has 0 N–H and O–H groups in total. The first kappa shape index (κ1) is 9.66. The number of hydrogen-bond acceptors (Lipinski definition) is 2. The quantitative estimate of drug-likeness (QED) is 0.474. The molecular formula is C16H10O2. The van der Waals surface area contributed by atoms with E-state index in [0.717, 1.165) is 39.1 Å². The number of carbonyl (C=O) groups excluding carboxylic acids is 1. The molecule has 2 nitrogen and oxygen atoms in total. The molecule has 0 aromatic heterocycles. The Bertz CT molecular complexity index is 790. The van der Waals surface area contributed by atoms with E-state index in [1.54, 1.807) is 0 Å². The minimum atomic E-state index is -0.491. The van der Waals surface area contributed by atoms with Crippen LogP contribution in [0.1, 0.15) is 11.7 Å². The number of hydrogen-bond donors (Lipinski definition) is 0. The highest BCUT2D eigenvalue weighted by Crippen LogP contribution is 2.42. The molecule has 0 amide bonds. The van der Waals surface area contributed by atoms with E-state index in [2.05, 4.69) is 24.3 Å². The molecule has 1 aliphatic heterocycles. The third-order valence-corrected chi connectivity index (χ3v) is 3.56. The van der Waals surface area contributed by atoms with Crippen molar-refractivity contribution in [1.82, 2.24) is 0 Å². The first-order chi connectivity index (χ1) is 8.88. The van der Waals surface area contributed by atoms with Gasteiger partial charge < -0.3 is 4.74 Å². The molecule has 1 atom stereocenters. The third-order valence-electron chi connectivity index (χ3n) is 3.56. The molecule has 0 spiro atoms. The van der Waals surface area contributed by atoms with Crippen LogP contribution in [0.3, 0.4) is 0 Å². The van der Waals surface area contributed by atoms with Gasteiger partial charge in [0.2, 0.25) is 0 Å². The van der Waals surface area contributed by atoms with Crippen LogP contribution in [0.25, 0.3) is 21.5 Å². The van der Waals surface area contributed by atoms with E-state index in [-0.39, 0.29) is 0 Å². The Hall–Kier alpha value is -2.35. The fraction of sp³-hybridized carbons (Fsp3) is 0.0625. The van der Waals surface area contributed by atoms with Crippen LogP contribution in [0.15, 0.2) is 48.5 Å². The van der Waals surface area contributed by atoms with Gasteiger partial charge in [0.25, 0.3) is 0 Å². The molecule has 18 heavy (non-hydrogen) atoms. The Morgan fingerprint density at radius 1 is 0.889 bits per heavy atom. The lowest BCUT2D eigenvalue weighted by molar-refractivity contribution is -0.113. The molecular weight excluding hydrogens is 224 g/mol. The van der Waals surface area contributed by atoms with Crippen molar-refractivity contribution >= 4 is 27.8 Å². The molecule has 4 rings (SSSR count). The van der Waals surface area contributed by atoms with E-state index in [0.29, 0.717) is 0 Å². The van der Waals surface area contributed by atoms with Gasteiger partial charge in [0, 0.05) is 16.3 Å². The van der Waals surface area contributed by atoms with Gasteiger partial charge >= 0.3 is 0 Å². The summed E-state index contributed by atoms with van der Waals surface area (Å²) in [7, 11) is 0. The fourth-order valence-electron chi connectivity index (χ4n) is 2.79. The third kappa shape index (κ3) is 1.10. The van der Waals surface area contributed by atoms with Crippen molar-refractivity contribution in [3.63, 3.8) is 0 Å². The van der Waals surface area contributed by atoms with Crippen molar-refractivity contribution in [2.75, 3.05) is 0 Å². The van der Waals surface area contributed by atoms with Crippen LogP contribution >= 0.6 is 0 Å². The highest BCUT2D eigenvalue weighted by molar-refractivity contribution is 6.13.